The van der Waals surface area contributed by atoms with Crippen LogP contribution in [0.15, 0.2) is 30.3 Å². The molecule has 0 aliphatic rings. The molecular formula is C12H10F3N. The maximum Gasteiger partial charge on any atom is 0.417 e. The Balaban J connectivity index is 2.70. The zero-order valence-corrected chi connectivity index (χ0v) is 8.67. The second kappa shape index (κ2) is 3.77. The van der Waals surface area contributed by atoms with Crippen molar-refractivity contribution in [3.63, 3.8) is 0 Å². The number of rotatable bonds is 1. The number of hydrogen-bond donors (Lipinski definition) is 0. The molecule has 0 unspecified atom stereocenters. The van der Waals surface area contributed by atoms with Crippen molar-refractivity contribution in [3.05, 3.63) is 41.6 Å². The minimum absolute atomic E-state index is 0.159. The van der Waals surface area contributed by atoms with Gasteiger partial charge in [-0.1, -0.05) is 19.1 Å². The molecule has 0 spiro atoms. The fraction of sp³-hybridized carbons (Fsp3) is 0.250. The molecule has 0 saturated carbocycles. The summed E-state index contributed by atoms with van der Waals surface area (Å²) in [6.07, 6.45) is -3.61. The summed E-state index contributed by atoms with van der Waals surface area (Å²) in [5.41, 5.74) is 0.571. The van der Waals surface area contributed by atoms with Crippen LogP contribution >= 0.6 is 0 Å². The SMILES string of the molecule is CCc1ccc2c(C(F)(F)F)cccc2n1. The van der Waals surface area contributed by atoms with Crippen LogP contribution in [0.3, 0.4) is 0 Å². The van der Waals surface area contributed by atoms with E-state index in [0.29, 0.717) is 11.9 Å². The van der Waals surface area contributed by atoms with E-state index in [9.17, 15) is 13.2 Å². The third kappa shape index (κ3) is 1.87. The van der Waals surface area contributed by atoms with E-state index in [0.717, 1.165) is 11.8 Å². The van der Waals surface area contributed by atoms with Gasteiger partial charge in [-0.05, 0) is 24.6 Å². The van der Waals surface area contributed by atoms with E-state index >= 15 is 0 Å². The molecule has 1 nitrogen and oxygen atoms in total. The van der Waals surface area contributed by atoms with Crippen molar-refractivity contribution in [1.29, 1.82) is 0 Å². The van der Waals surface area contributed by atoms with Gasteiger partial charge in [0.1, 0.15) is 0 Å². The van der Waals surface area contributed by atoms with E-state index in [-0.39, 0.29) is 5.39 Å². The second-order valence-electron chi connectivity index (χ2n) is 3.53. The lowest BCUT2D eigenvalue weighted by Crippen LogP contribution is -2.06. The van der Waals surface area contributed by atoms with Gasteiger partial charge in [0.25, 0.3) is 0 Å². The van der Waals surface area contributed by atoms with Crippen molar-refractivity contribution in [3.8, 4) is 0 Å². The highest BCUT2D eigenvalue weighted by Crippen LogP contribution is 2.34. The molecule has 0 fully saturated rings. The van der Waals surface area contributed by atoms with Gasteiger partial charge in [0.15, 0.2) is 0 Å². The molecule has 0 N–H and O–H groups in total. The second-order valence-corrected chi connectivity index (χ2v) is 3.53. The maximum atomic E-state index is 12.7. The molecular weight excluding hydrogens is 215 g/mol. The molecule has 0 saturated heterocycles. The monoisotopic (exact) mass is 225 g/mol. The number of hydrogen-bond acceptors (Lipinski definition) is 1. The molecule has 16 heavy (non-hydrogen) atoms. The lowest BCUT2D eigenvalue weighted by atomic mass is 10.1. The lowest BCUT2D eigenvalue weighted by Gasteiger charge is -2.10. The van der Waals surface area contributed by atoms with Crippen LogP contribution in [0, 0.1) is 0 Å². The first-order valence-corrected chi connectivity index (χ1v) is 4.98. The standard InChI is InChI=1S/C12H10F3N/c1-2-8-6-7-9-10(12(13,14)15)4-3-5-11(9)16-8/h3-7H,2H2,1H3. The molecule has 0 aliphatic heterocycles. The first kappa shape index (κ1) is 10.9. The Morgan fingerprint density at radius 1 is 1.12 bits per heavy atom. The molecule has 2 aromatic rings. The maximum absolute atomic E-state index is 12.7. The topological polar surface area (TPSA) is 12.9 Å². The Morgan fingerprint density at radius 2 is 1.88 bits per heavy atom. The predicted molar refractivity (Wildman–Crippen MR) is 56.1 cm³/mol. The lowest BCUT2D eigenvalue weighted by molar-refractivity contribution is -0.136. The van der Waals surface area contributed by atoms with E-state index in [1.54, 1.807) is 12.1 Å². The van der Waals surface area contributed by atoms with Crippen molar-refractivity contribution in [2.75, 3.05) is 0 Å². The first-order chi connectivity index (χ1) is 7.52. The zero-order valence-electron chi connectivity index (χ0n) is 8.67. The summed E-state index contributed by atoms with van der Waals surface area (Å²) in [7, 11) is 0. The van der Waals surface area contributed by atoms with Gasteiger partial charge in [-0.25, -0.2) is 0 Å². The van der Waals surface area contributed by atoms with Gasteiger partial charge in [0.05, 0.1) is 11.1 Å². The van der Waals surface area contributed by atoms with E-state index in [4.69, 9.17) is 0 Å². The molecule has 0 bridgehead atoms. The summed E-state index contributed by atoms with van der Waals surface area (Å²) in [4.78, 5) is 4.17. The molecule has 0 radical (unpaired) electrons. The highest BCUT2D eigenvalue weighted by atomic mass is 19.4. The number of fused-ring (bicyclic) bond motifs is 1. The fourth-order valence-corrected chi connectivity index (χ4v) is 1.64. The van der Waals surface area contributed by atoms with Crippen molar-refractivity contribution in [2.24, 2.45) is 0 Å². The molecule has 4 heteroatoms. The van der Waals surface area contributed by atoms with Crippen LogP contribution in [-0.4, -0.2) is 4.98 Å². The highest BCUT2D eigenvalue weighted by Gasteiger charge is 2.32. The Hall–Kier alpha value is -1.58. The van der Waals surface area contributed by atoms with Gasteiger partial charge in [-0.15, -0.1) is 0 Å². The smallest absolute Gasteiger partial charge is 0.253 e. The third-order valence-corrected chi connectivity index (χ3v) is 2.46. The van der Waals surface area contributed by atoms with Crippen LogP contribution < -0.4 is 0 Å². The van der Waals surface area contributed by atoms with Crippen LogP contribution in [0.1, 0.15) is 18.2 Å². The van der Waals surface area contributed by atoms with Gasteiger partial charge in [-0.3, -0.25) is 4.98 Å². The van der Waals surface area contributed by atoms with Crippen LogP contribution in [0.4, 0.5) is 13.2 Å². The quantitative estimate of drug-likeness (QED) is 0.719. The molecule has 0 amide bonds. The third-order valence-electron chi connectivity index (χ3n) is 2.46. The molecule has 84 valence electrons. The Morgan fingerprint density at radius 3 is 2.50 bits per heavy atom. The van der Waals surface area contributed by atoms with Crippen LogP contribution in [0.5, 0.6) is 0 Å². The van der Waals surface area contributed by atoms with Crippen molar-refractivity contribution < 1.29 is 13.2 Å². The number of halogens is 3. The largest absolute Gasteiger partial charge is 0.417 e. The summed E-state index contributed by atoms with van der Waals surface area (Å²) in [6.45, 7) is 1.92. The summed E-state index contributed by atoms with van der Waals surface area (Å²) < 4.78 is 38.0. The first-order valence-electron chi connectivity index (χ1n) is 4.98. The summed E-state index contributed by atoms with van der Waals surface area (Å²) in [5, 5.41) is 0.159. The summed E-state index contributed by atoms with van der Waals surface area (Å²) in [5.74, 6) is 0. The van der Waals surface area contributed by atoms with Gasteiger partial charge in [0, 0.05) is 11.1 Å². The number of alkyl halides is 3. The van der Waals surface area contributed by atoms with Crippen molar-refractivity contribution in [2.45, 2.75) is 19.5 Å². The van der Waals surface area contributed by atoms with Crippen LogP contribution in [0.25, 0.3) is 10.9 Å². The van der Waals surface area contributed by atoms with E-state index in [2.05, 4.69) is 4.98 Å². The number of nitrogens with zero attached hydrogens (tertiary/aromatic N) is 1. The fourth-order valence-electron chi connectivity index (χ4n) is 1.64. The van der Waals surface area contributed by atoms with Crippen molar-refractivity contribution >= 4 is 10.9 Å². The van der Waals surface area contributed by atoms with E-state index in [1.807, 2.05) is 6.92 Å². The molecule has 0 aliphatic carbocycles. The summed E-state index contributed by atoms with van der Waals surface area (Å²) >= 11 is 0. The number of benzene rings is 1. The zero-order chi connectivity index (χ0) is 11.8. The highest BCUT2D eigenvalue weighted by molar-refractivity contribution is 5.82. The van der Waals surface area contributed by atoms with E-state index in [1.165, 1.54) is 12.1 Å². The predicted octanol–water partition coefficient (Wildman–Crippen LogP) is 3.82. The average Bonchev–Trinajstić information content (AvgIpc) is 2.26. The normalized spacial score (nSPS) is 12.0. The minimum atomic E-state index is -4.32. The van der Waals surface area contributed by atoms with Gasteiger partial charge in [-0.2, -0.15) is 13.2 Å². The molecule has 2 rings (SSSR count). The Bertz CT molecular complexity index is 517. The minimum Gasteiger partial charge on any atom is -0.253 e. The molecule has 1 aromatic carbocycles. The molecule has 0 atom stereocenters. The van der Waals surface area contributed by atoms with Crippen molar-refractivity contribution in [1.82, 2.24) is 4.98 Å². The Kier molecular flexibility index (Phi) is 2.58. The van der Waals surface area contributed by atoms with Gasteiger partial charge in [0.2, 0.25) is 0 Å². The van der Waals surface area contributed by atoms with Gasteiger partial charge < -0.3 is 0 Å². The Labute approximate surface area is 90.9 Å². The number of pyridine rings is 1. The van der Waals surface area contributed by atoms with Crippen LogP contribution in [-0.2, 0) is 12.6 Å². The van der Waals surface area contributed by atoms with E-state index < -0.39 is 11.7 Å². The average molecular weight is 225 g/mol. The van der Waals surface area contributed by atoms with Crippen LogP contribution in [0.2, 0.25) is 0 Å². The van der Waals surface area contributed by atoms with Gasteiger partial charge >= 0.3 is 6.18 Å². The molecule has 1 heterocycles. The molecule has 1 aromatic heterocycles. The number of aromatic nitrogens is 1. The number of aryl methyl sites for hydroxylation is 1. The summed E-state index contributed by atoms with van der Waals surface area (Å²) in [6, 6.07) is 7.19.